The SMILES string of the molecule is [Ir].[c-]1ccccc1N1C=CN(CCc2cc3cc(c2)[C-]2C[C-](CN4C=CN(c5[c-]cccc5)[CH-]4)c4ccccc4N4C=CN(CC3)C24)[CH-]1. The van der Waals surface area contributed by atoms with Crippen molar-refractivity contribution in [3.05, 3.63) is 188 Å². The van der Waals surface area contributed by atoms with Crippen molar-refractivity contribution < 1.29 is 20.1 Å². The van der Waals surface area contributed by atoms with E-state index in [1.807, 2.05) is 24.3 Å². The van der Waals surface area contributed by atoms with Crippen molar-refractivity contribution >= 4 is 17.1 Å². The summed E-state index contributed by atoms with van der Waals surface area (Å²) in [7, 11) is 0. The van der Waals surface area contributed by atoms with E-state index in [-0.39, 0.29) is 26.3 Å². The summed E-state index contributed by atoms with van der Waals surface area (Å²) in [5.74, 6) is 2.90. The number of fused-ring (bicyclic) bond motifs is 5. The van der Waals surface area contributed by atoms with E-state index >= 15 is 0 Å². The summed E-state index contributed by atoms with van der Waals surface area (Å²) in [6, 6.07) is 39.2. The van der Waals surface area contributed by atoms with Crippen LogP contribution in [0.2, 0.25) is 0 Å². The molecule has 245 valence electrons. The maximum atomic E-state index is 3.35. The molecule has 48 heavy (non-hydrogen) atoms. The largest absolute Gasteiger partial charge is 0.514 e. The van der Waals surface area contributed by atoms with Crippen molar-refractivity contribution in [1.29, 1.82) is 0 Å². The second kappa shape index (κ2) is 13.1. The number of hydrogen-bond donors (Lipinski definition) is 0. The van der Waals surface area contributed by atoms with E-state index < -0.39 is 0 Å². The number of benzene rings is 4. The number of hydrogen-bond acceptors (Lipinski definition) is 6. The monoisotopic (exact) mass is 805 g/mol. The fraction of sp³-hybridized carbons (Fsp3) is 0.171. The summed E-state index contributed by atoms with van der Waals surface area (Å²) >= 11 is 0. The fourth-order valence-corrected chi connectivity index (χ4v) is 7.43. The second-order valence-electron chi connectivity index (χ2n) is 12.7. The van der Waals surface area contributed by atoms with Gasteiger partial charge in [0.1, 0.15) is 0 Å². The van der Waals surface area contributed by atoms with Crippen molar-refractivity contribution in [2.75, 3.05) is 34.3 Å². The summed E-state index contributed by atoms with van der Waals surface area (Å²) in [4.78, 5) is 13.9. The Bertz CT molecular complexity index is 1820. The van der Waals surface area contributed by atoms with E-state index in [4.69, 9.17) is 0 Å². The van der Waals surface area contributed by atoms with Crippen LogP contribution in [-0.2, 0) is 32.9 Å². The molecule has 7 heteroatoms. The molecule has 5 aliphatic rings. The van der Waals surface area contributed by atoms with E-state index in [2.05, 4.69) is 159 Å². The molecule has 0 saturated carbocycles. The molecule has 4 aromatic rings. The van der Waals surface area contributed by atoms with Crippen molar-refractivity contribution in [3.63, 3.8) is 0 Å². The van der Waals surface area contributed by atoms with Gasteiger partial charge in [-0.1, -0.05) is 30.3 Å². The molecule has 0 amide bonds. The summed E-state index contributed by atoms with van der Waals surface area (Å²) in [5.41, 5.74) is 8.91. The summed E-state index contributed by atoms with van der Waals surface area (Å²) in [6.07, 6.45) is 16.3. The zero-order chi connectivity index (χ0) is 31.2. The number of anilines is 3. The molecule has 0 N–H and O–H groups in total. The van der Waals surface area contributed by atoms with Gasteiger partial charge in [-0.25, -0.2) is 0 Å². The molecule has 2 bridgehead atoms. The standard InChI is InChI=1S/C41H36N6.Ir/c1-3-9-36(10-4-1)45-21-19-42(30-45)17-15-32-25-33-16-18-44-23-24-47-40-14-8-7-13-38(40)35(28-39(41(44)47)34(26-32)27-33)29-43-20-22-46(31-43)37-11-5-2-6-12-37;/h1-9,11,13-14,19-27,30-31,41H,15-18,28-29H2;/q-6;. The number of rotatable bonds is 7. The molecule has 5 heterocycles. The number of nitrogens with zero attached hydrogens (tertiary/aromatic N) is 6. The summed E-state index contributed by atoms with van der Waals surface area (Å²) in [5, 5.41) is 0. The molecule has 1 unspecified atom stereocenters. The maximum absolute atomic E-state index is 3.35. The van der Waals surface area contributed by atoms with E-state index in [0.717, 1.165) is 50.3 Å². The molecular weight excluding hydrogens is 769 g/mol. The van der Waals surface area contributed by atoms with Crippen LogP contribution in [0.3, 0.4) is 0 Å². The molecule has 0 aliphatic carbocycles. The van der Waals surface area contributed by atoms with E-state index in [1.165, 1.54) is 39.8 Å². The van der Waals surface area contributed by atoms with Gasteiger partial charge in [0.2, 0.25) is 0 Å². The first-order valence-corrected chi connectivity index (χ1v) is 16.5. The van der Waals surface area contributed by atoms with Gasteiger partial charge in [-0.05, 0) is 50.7 Å². The molecule has 9 rings (SSSR count). The van der Waals surface area contributed by atoms with Crippen LogP contribution >= 0.6 is 0 Å². The number of para-hydroxylation sites is 3. The van der Waals surface area contributed by atoms with Crippen LogP contribution in [0.25, 0.3) is 0 Å². The fourth-order valence-electron chi connectivity index (χ4n) is 7.43. The molecule has 0 aromatic heterocycles. The van der Waals surface area contributed by atoms with Gasteiger partial charge in [-0.3, -0.25) is 0 Å². The maximum Gasteiger partial charge on any atom is 0.0708 e. The zero-order valence-electron chi connectivity index (χ0n) is 26.6. The minimum absolute atomic E-state index is 0. The first-order valence-electron chi connectivity index (χ1n) is 16.5. The van der Waals surface area contributed by atoms with Crippen LogP contribution < -0.4 is 14.7 Å². The quantitative estimate of drug-likeness (QED) is 0.185. The molecule has 1 radical (unpaired) electrons. The topological polar surface area (TPSA) is 19.4 Å². The Morgan fingerprint density at radius 1 is 0.750 bits per heavy atom. The van der Waals surface area contributed by atoms with Crippen LogP contribution in [0.1, 0.15) is 28.7 Å². The molecular formula is C41H36IrN6-6. The Kier molecular flexibility index (Phi) is 8.33. The minimum atomic E-state index is 0. The summed E-state index contributed by atoms with van der Waals surface area (Å²) in [6.45, 7) is 7.10. The minimum Gasteiger partial charge on any atom is -0.514 e. The van der Waals surface area contributed by atoms with Crippen LogP contribution in [0.5, 0.6) is 0 Å². The van der Waals surface area contributed by atoms with Gasteiger partial charge in [0.25, 0.3) is 0 Å². The Morgan fingerprint density at radius 3 is 2.25 bits per heavy atom. The predicted molar refractivity (Wildman–Crippen MR) is 188 cm³/mol. The zero-order valence-corrected chi connectivity index (χ0v) is 29.0. The van der Waals surface area contributed by atoms with Gasteiger partial charge in [-0.2, -0.15) is 109 Å². The molecule has 0 fully saturated rings. The molecule has 0 saturated heterocycles. The van der Waals surface area contributed by atoms with E-state index in [9.17, 15) is 0 Å². The van der Waals surface area contributed by atoms with E-state index in [0.29, 0.717) is 0 Å². The Labute approximate surface area is 298 Å². The average molecular weight is 805 g/mol. The molecule has 4 aromatic carbocycles. The second-order valence-corrected chi connectivity index (χ2v) is 12.7. The van der Waals surface area contributed by atoms with Gasteiger partial charge >= 0.3 is 0 Å². The third-order valence-corrected chi connectivity index (χ3v) is 9.71. The first-order chi connectivity index (χ1) is 23.2. The first kappa shape index (κ1) is 30.6. The Morgan fingerprint density at radius 2 is 1.48 bits per heavy atom. The molecule has 1 atom stereocenters. The van der Waals surface area contributed by atoms with Crippen LogP contribution in [0.15, 0.2) is 128 Å². The normalized spacial score (nSPS) is 19.0. The Hall–Kier alpha value is -4.71. The smallest absolute Gasteiger partial charge is 0.0708 e. The Balaban J connectivity index is 0.00000336. The predicted octanol–water partition coefficient (Wildman–Crippen LogP) is 7.08. The van der Waals surface area contributed by atoms with Crippen LogP contribution in [-0.4, -0.2) is 40.5 Å². The third kappa shape index (κ3) is 5.82. The van der Waals surface area contributed by atoms with Crippen molar-refractivity contribution in [2.45, 2.75) is 25.4 Å². The molecule has 5 aliphatic heterocycles. The van der Waals surface area contributed by atoms with Crippen molar-refractivity contribution in [3.8, 4) is 0 Å². The molecule has 6 nitrogen and oxygen atoms in total. The van der Waals surface area contributed by atoms with Gasteiger partial charge in [0, 0.05) is 39.1 Å². The third-order valence-electron chi connectivity index (χ3n) is 9.71. The van der Waals surface area contributed by atoms with Crippen LogP contribution in [0, 0.1) is 37.3 Å². The molecule has 0 spiro atoms. The van der Waals surface area contributed by atoms with Gasteiger partial charge < -0.3 is 29.4 Å². The van der Waals surface area contributed by atoms with Gasteiger partial charge in [0.15, 0.2) is 0 Å². The average Bonchev–Trinajstić information content (AvgIpc) is 3.87. The van der Waals surface area contributed by atoms with Crippen LogP contribution in [0.4, 0.5) is 17.1 Å². The van der Waals surface area contributed by atoms with Gasteiger partial charge in [-0.15, -0.1) is 34.5 Å². The van der Waals surface area contributed by atoms with Crippen molar-refractivity contribution in [1.82, 2.24) is 14.7 Å². The van der Waals surface area contributed by atoms with Crippen molar-refractivity contribution in [2.24, 2.45) is 0 Å². The van der Waals surface area contributed by atoms with E-state index in [1.54, 1.807) is 0 Å². The summed E-state index contributed by atoms with van der Waals surface area (Å²) < 4.78 is 0. The van der Waals surface area contributed by atoms with Gasteiger partial charge in [0.05, 0.1) is 6.17 Å².